The van der Waals surface area contributed by atoms with E-state index in [1.165, 1.54) is 32.1 Å². The molecule has 0 saturated heterocycles. The Bertz CT molecular complexity index is 416. The van der Waals surface area contributed by atoms with Gasteiger partial charge in [-0.3, -0.25) is 0 Å². The maximum absolute atomic E-state index is 4.72. The van der Waals surface area contributed by atoms with E-state index in [1.807, 2.05) is 0 Å². The Kier molecular flexibility index (Phi) is 6.09. The number of nitrogens with zero attached hydrogens (tertiary/aromatic N) is 3. The van der Waals surface area contributed by atoms with Gasteiger partial charge in [-0.15, -0.1) is 0 Å². The fraction of sp³-hybridized carbons (Fsp3) is 0.824. The molecule has 1 N–H and O–H groups in total. The Morgan fingerprint density at radius 1 is 1.29 bits per heavy atom. The molecule has 0 radical (unpaired) electrons. The molecular weight excluding hydrogens is 260 g/mol. The van der Waals surface area contributed by atoms with Crippen LogP contribution < -0.4 is 5.32 Å². The van der Waals surface area contributed by atoms with Crippen LogP contribution >= 0.6 is 0 Å². The zero-order valence-electron chi connectivity index (χ0n) is 14.2. The van der Waals surface area contributed by atoms with E-state index in [9.17, 15) is 0 Å². The number of anilines is 1. The quantitative estimate of drug-likeness (QED) is 0.829. The molecule has 4 heteroatoms. The van der Waals surface area contributed by atoms with E-state index in [4.69, 9.17) is 4.98 Å². The second kappa shape index (κ2) is 7.83. The number of imidazole rings is 1. The predicted molar refractivity (Wildman–Crippen MR) is 90.0 cm³/mol. The molecule has 0 aromatic carbocycles. The lowest BCUT2D eigenvalue weighted by molar-refractivity contribution is 0.293. The molecule has 2 rings (SSSR count). The van der Waals surface area contributed by atoms with Gasteiger partial charge in [0.05, 0.1) is 5.69 Å². The third-order valence-corrected chi connectivity index (χ3v) is 4.62. The lowest BCUT2D eigenvalue weighted by Gasteiger charge is -2.27. The molecule has 0 aliphatic heterocycles. The van der Waals surface area contributed by atoms with Crippen LogP contribution in [-0.4, -0.2) is 40.1 Å². The van der Waals surface area contributed by atoms with Crippen molar-refractivity contribution in [2.45, 2.75) is 71.9 Å². The first-order valence-electron chi connectivity index (χ1n) is 8.68. The Labute approximate surface area is 129 Å². The SMILES string of the molecule is CCN(CC)CC(C)Nc1nc(C)cn1C1CCCCC1. The molecule has 1 aromatic rings. The van der Waals surface area contributed by atoms with Gasteiger partial charge in [-0.1, -0.05) is 33.1 Å². The summed E-state index contributed by atoms with van der Waals surface area (Å²) in [6, 6.07) is 1.07. The second-order valence-electron chi connectivity index (χ2n) is 6.44. The number of likely N-dealkylation sites (N-methyl/N-ethyl adjacent to an activating group) is 1. The summed E-state index contributed by atoms with van der Waals surface area (Å²) in [5.74, 6) is 1.07. The zero-order valence-corrected chi connectivity index (χ0v) is 14.2. The number of aryl methyl sites for hydroxylation is 1. The van der Waals surface area contributed by atoms with Crippen molar-refractivity contribution in [1.29, 1.82) is 0 Å². The molecule has 1 aromatic heterocycles. The average Bonchev–Trinajstić information content (AvgIpc) is 2.86. The summed E-state index contributed by atoms with van der Waals surface area (Å²) < 4.78 is 2.40. The van der Waals surface area contributed by atoms with Gasteiger partial charge in [0.2, 0.25) is 5.95 Å². The maximum Gasteiger partial charge on any atom is 0.203 e. The van der Waals surface area contributed by atoms with E-state index in [-0.39, 0.29) is 0 Å². The molecule has 1 unspecified atom stereocenters. The molecule has 1 atom stereocenters. The van der Waals surface area contributed by atoms with Gasteiger partial charge >= 0.3 is 0 Å². The number of hydrogen-bond acceptors (Lipinski definition) is 3. The second-order valence-corrected chi connectivity index (χ2v) is 6.44. The lowest BCUT2D eigenvalue weighted by atomic mass is 9.95. The first kappa shape index (κ1) is 16.3. The van der Waals surface area contributed by atoms with Gasteiger partial charge in [0.15, 0.2) is 0 Å². The van der Waals surface area contributed by atoms with Gasteiger partial charge in [0.1, 0.15) is 0 Å². The minimum absolute atomic E-state index is 0.425. The van der Waals surface area contributed by atoms with Crippen LogP contribution in [0.5, 0.6) is 0 Å². The van der Waals surface area contributed by atoms with Crippen molar-refractivity contribution in [1.82, 2.24) is 14.5 Å². The molecule has 1 saturated carbocycles. The highest BCUT2D eigenvalue weighted by atomic mass is 15.2. The van der Waals surface area contributed by atoms with Gasteiger partial charge in [-0.05, 0) is 39.8 Å². The molecule has 1 fully saturated rings. The Hall–Kier alpha value is -1.03. The normalized spacial score (nSPS) is 18.1. The van der Waals surface area contributed by atoms with E-state index in [0.717, 1.165) is 31.3 Å². The van der Waals surface area contributed by atoms with Crippen molar-refractivity contribution in [3.8, 4) is 0 Å². The minimum Gasteiger partial charge on any atom is -0.352 e. The maximum atomic E-state index is 4.72. The Balaban J connectivity index is 2.01. The van der Waals surface area contributed by atoms with Gasteiger partial charge in [0.25, 0.3) is 0 Å². The monoisotopic (exact) mass is 292 g/mol. The molecule has 1 aliphatic rings. The fourth-order valence-corrected chi connectivity index (χ4v) is 3.40. The largest absolute Gasteiger partial charge is 0.352 e. The molecule has 0 spiro atoms. The first-order valence-corrected chi connectivity index (χ1v) is 8.68. The molecule has 21 heavy (non-hydrogen) atoms. The zero-order chi connectivity index (χ0) is 15.2. The third-order valence-electron chi connectivity index (χ3n) is 4.62. The Morgan fingerprint density at radius 3 is 2.57 bits per heavy atom. The van der Waals surface area contributed by atoms with Crippen LogP contribution in [0.4, 0.5) is 5.95 Å². The molecule has 4 nitrogen and oxygen atoms in total. The minimum atomic E-state index is 0.425. The summed E-state index contributed by atoms with van der Waals surface area (Å²) in [7, 11) is 0. The van der Waals surface area contributed by atoms with E-state index < -0.39 is 0 Å². The topological polar surface area (TPSA) is 33.1 Å². The lowest BCUT2D eigenvalue weighted by Crippen LogP contribution is -2.35. The highest BCUT2D eigenvalue weighted by Crippen LogP contribution is 2.30. The molecule has 0 bridgehead atoms. The van der Waals surface area contributed by atoms with E-state index in [0.29, 0.717) is 12.1 Å². The van der Waals surface area contributed by atoms with Crippen LogP contribution in [0.25, 0.3) is 0 Å². The van der Waals surface area contributed by atoms with Crippen molar-refractivity contribution in [2.75, 3.05) is 25.0 Å². The molecule has 1 heterocycles. The number of hydrogen-bond donors (Lipinski definition) is 1. The van der Waals surface area contributed by atoms with Crippen molar-refractivity contribution in [3.05, 3.63) is 11.9 Å². The predicted octanol–water partition coefficient (Wildman–Crippen LogP) is 3.84. The number of nitrogens with one attached hydrogen (secondary N) is 1. The third kappa shape index (κ3) is 4.47. The average molecular weight is 292 g/mol. The van der Waals surface area contributed by atoms with Gasteiger partial charge < -0.3 is 14.8 Å². The Morgan fingerprint density at radius 2 is 1.95 bits per heavy atom. The van der Waals surface area contributed by atoms with Gasteiger partial charge in [-0.25, -0.2) is 4.98 Å². The summed E-state index contributed by atoms with van der Waals surface area (Å²) >= 11 is 0. The number of rotatable bonds is 7. The highest BCUT2D eigenvalue weighted by Gasteiger charge is 2.20. The van der Waals surface area contributed by atoms with Crippen LogP contribution in [0.3, 0.4) is 0 Å². The standard InChI is InChI=1S/C17H32N4/c1-5-20(6-2)12-14(3)18-17-19-15(4)13-21(17)16-10-8-7-9-11-16/h13-14,16H,5-12H2,1-4H3,(H,18,19). The summed E-state index contributed by atoms with van der Waals surface area (Å²) in [5.41, 5.74) is 1.12. The van der Waals surface area contributed by atoms with Gasteiger partial charge in [0, 0.05) is 24.8 Å². The van der Waals surface area contributed by atoms with E-state index in [2.05, 4.69) is 48.7 Å². The van der Waals surface area contributed by atoms with E-state index in [1.54, 1.807) is 0 Å². The first-order chi connectivity index (χ1) is 10.1. The number of aromatic nitrogens is 2. The smallest absolute Gasteiger partial charge is 0.203 e. The molecule has 1 aliphatic carbocycles. The molecule has 0 amide bonds. The van der Waals surface area contributed by atoms with Crippen molar-refractivity contribution in [2.24, 2.45) is 0 Å². The summed E-state index contributed by atoms with van der Waals surface area (Å²) in [4.78, 5) is 7.17. The van der Waals surface area contributed by atoms with Crippen LogP contribution in [0, 0.1) is 6.92 Å². The van der Waals surface area contributed by atoms with Crippen molar-refractivity contribution < 1.29 is 0 Å². The summed E-state index contributed by atoms with van der Waals surface area (Å²) in [5, 5.41) is 3.64. The molecular formula is C17H32N4. The van der Waals surface area contributed by atoms with Crippen molar-refractivity contribution in [3.63, 3.8) is 0 Å². The van der Waals surface area contributed by atoms with Crippen LogP contribution in [0.2, 0.25) is 0 Å². The van der Waals surface area contributed by atoms with Crippen LogP contribution in [0.1, 0.15) is 64.6 Å². The highest BCUT2D eigenvalue weighted by molar-refractivity contribution is 5.31. The summed E-state index contributed by atoms with van der Waals surface area (Å²) in [6.07, 6.45) is 8.93. The molecule has 120 valence electrons. The summed E-state index contributed by atoms with van der Waals surface area (Å²) in [6.45, 7) is 12.1. The van der Waals surface area contributed by atoms with Gasteiger partial charge in [-0.2, -0.15) is 0 Å². The van der Waals surface area contributed by atoms with Crippen LogP contribution in [0.15, 0.2) is 6.20 Å². The van der Waals surface area contributed by atoms with Crippen LogP contribution in [-0.2, 0) is 0 Å². The van der Waals surface area contributed by atoms with Crippen molar-refractivity contribution >= 4 is 5.95 Å². The van der Waals surface area contributed by atoms with E-state index >= 15 is 0 Å². The fourth-order valence-electron chi connectivity index (χ4n) is 3.40.